The Morgan fingerprint density at radius 3 is 2.37 bits per heavy atom. The molecule has 0 spiro atoms. The van der Waals surface area contributed by atoms with Crippen molar-refractivity contribution in [1.82, 2.24) is 4.98 Å². The van der Waals surface area contributed by atoms with Gasteiger partial charge in [0.05, 0.1) is 0 Å². The van der Waals surface area contributed by atoms with E-state index < -0.39 is 0 Å². The minimum absolute atomic E-state index is 0. The summed E-state index contributed by atoms with van der Waals surface area (Å²) in [6, 6.07) is 18.0. The second-order valence-corrected chi connectivity index (χ2v) is 10.3. The summed E-state index contributed by atoms with van der Waals surface area (Å²) in [5, 5.41) is 1.41. The van der Waals surface area contributed by atoms with Gasteiger partial charge in [0.2, 0.25) is 0 Å². The maximum absolute atomic E-state index is 3.81. The minimum atomic E-state index is -0.361. The Morgan fingerprint density at radius 1 is 0.963 bits per heavy atom. The Labute approximate surface area is 182 Å². The minimum Gasteiger partial charge on any atom is -1.00 e. The van der Waals surface area contributed by atoms with Gasteiger partial charge >= 0.3 is 159 Å². The standard InChI is InChI=1S/C12H14N.C11H9.2ClH.Ti/c1-12(2,3)10-8-13-11-7-5-4-6-9(10)11;1-2-4-10-8(3-1)7-9-5-6-11(9)10;;;/h4-7,13H,1-3H3;1-4,11H,5-6H2;2*1H;/q;;;;+2/p-2. The van der Waals surface area contributed by atoms with E-state index in [1.165, 1.54) is 33.3 Å². The van der Waals surface area contributed by atoms with Crippen LogP contribution in [0.4, 0.5) is 0 Å². The average molecular weight is 432 g/mol. The van der Waals surface area contributed by atoms with Crippen LogP contribution in [0.5, 0.6) is 0 Å². The van der Waals surface area contributed by atoms with Crippen molar-refractivity contribution >= 4 is 18.8 Å². The van der Waals surface area contributed by atoms with Gasteiger partial charge in [-0.05, 0) is 0 Å². The first-order valence-corrected chi connectivity index (χ1v) is 10.8. The second-order valence-electron chi connectivity index (χ2n) is 8.37. The number of fused-ring (bicyclic) bond motifs is 4. The summed E-state index contributed by atoms with van der Waals surface area (Å²) >= 11 is -0.361. The van der Waals surface area contributed by atoms with Gasteiger partial charge in [-0.25, -0.2) is 0 Å². The smallest absolute Gasteiger partial charge is 1.00 e. The van der Waals surface area contributed by atoms with E-state index in [-0.39, 0.29) is 49.4 Å². The molecule has 5 rings (SSSR count). The van der Waals surface area contributed by atoms with E-state index in [0.717, 1.165) is 5.92 Å². The number of H-pyrrole nitrogens is 1. The van der Waals surface area contributed by atoms with E-state index in [2.05, 4.69) is 74.3 Å². The molecule has 1 heterocycles. The quantitative estimate of drug-likeness (QED) is 0.526. The van der Waals surface area contributed by atoms with Crippen molar-refractivity contribution in [2.45, 2.75) is 44.9 Å². The van der Waals surface area contributed by atoms with Gasteiger partial charge in [0.1, 0.15) is 0 Å². The van der Waals surface area contributed by atoms with Crippen molar-refractivity contribution in [3.05, 3.63) is 70.8 Å². The molecule has 1 atom stereocenters. The van der Waals surface area contributed by atoms with Crippen LogP contribution in [0, 0.1) is 0 Å². The third-order valence-corrected chi connectivity index (χ3v) is 8.04. The third-order valence-electron chi connectivity index (χ3n) is 5.76. The number of hydrogen-bond donors (Lipinski definition) is 1. The molecule has 0 bridgehead atoms. The molecule has 2 aromatic carbocycles. The number of benzene rings is 2. The SMILES string of the molecule is CC(C)(C)c1[c]([Ti+2][C]2=C3CCC3c3ccccc32)[nH]c2ccccc12.[Cl-].[Cl-]. The molecule has 1 unspecified atom stereocenters. The molecule has 0 radical (unpaired) electrons. The Morgan fingerprint density at radius 2 is 1.67 bits per heavy atom. The zero-order chi connectivity index (χ0) is 17.2. The molecule has 2 aliphatic rings. The fourth-order valence-corrected chi connectivity index (χ4v) is 7.54. The molecule has 0 saturated heterocycles. The first kappa shape index (κ1) is 20.7. The topological polar surface area (TPSA) is 15.8 Å². The van der Waals surface area contributed by atoms with Crippen molar-refractivity contribution in [2.24, 2.45) is 0 Å². The predicted octanol–water partition coefficient (Wildman–Crippen LogP) is -0.516. The molecule has 1 aromatic heterocycles. The Kier molecular flexibility index (Phi) is 5.72. The molecule has 1 saturated carbocycles. The molecule has 2 aliphatic carbocycles. The number of rotatable bonds is 2. The number of halogens is 2. The van der Waals surface area contributed by atoms with Crippen molar-refractivity contribution in [3.8, 4) is 0 Å². The van der Waals surface area contributed by atoms with Gasteiger partial charge in [-0.2, -0.15) is 0 Å². The first-order valence-electron chi connectivity index (χ1n) is 9.24. The monoisotopic (exact) mass is 431 g/mol. The van der Waals surface area contributed by atoms with E-state index in [4.69, 9.17) is 0 Å². The van der Waals surface area contributed by atoms with E-state index >= 15 is 0 Å². The van der Waals surface area contributed by atoms with Gasteiger partial charge in [-0.1, -0.05) is 0 Å². The average Bonchev–Trinajstić information content (AvgIpc) is 3.00. The molecule has 138 valence electrons. The summed E-state index contributed by atoms with van der Waals surface area (Å²) in [5.41, 5.74) is 7.90. The fourth-order valence-electron chi connectivity index (χ4n) is 4.56. The van der Waals surface area contributed by atoms with Crippen molar-refractivity contribution in [1.29, 1.82) is 0 Å². The molecule has 1 fully saturated rings. The van der Waals surface area contributed by atoms with Gasteiger partial charge in [0, 0.05) is 0 Å². The zero-order valence-electron chi connectivity index (χ0n) is 15.9. The van der Waals surface area contributed by atoms with Gasteiger partial charge in [0.25, 0.3) is 0 Å². The summed E-state index contributed by atoms with van der Waals surface area (Å²) < 4.78 is 3.24. The zero-order valence-corrected chi connectivity index (χ0v) is 18.9. The van der Waals surface area contributed by atoms with Crippen LogP contribution in [-0.2, 0) is 24.6 Å². The number of nitrogens with one attached hydrogen (secondary N) is 1. The van der Waals surface area contributed by atoms with Crippen LogP contribution in [0.2, 0.25) is 0 Å². The Balaban J connectivity index is 0.00000105. The molecular weight excluding hydrogens is 409 g/mol. The van der Waals surface area contributed by atoms with Crippen molar-refractivity contribution in [2.75, 3.05) is 0 Å². The predicted molar refractivity (Wildman–Crippen MR) is 102 cm³/mol. The van der Waals surface area contributed by atoms with Crippen LogP contribution < -0.4 is 28.8 Å². The summed E-state index contributed by atoms with van der Waals surface area (Å²) in [5.74, 6) is 0.734. The van der Waals surface area contributed by atoms with E-state index in [9.17, 15) is 0 Å². The van der Waals surface area contributed by atoms with Crippen LogP contribution in [0.1, 0.15) is 56.2 Å². The molecule has 0 amide bonds. The maximum Gasteiger partial charge on any atom is -1.00 e. The van der Waals surface area contributed by atoms with Crippen LogP contribution >= 0.6 is 0 Å². The molecule has 0 aliphatic heterocycles. The van der Waals surface area contributed by atoms with Crippen molar-refractivity contribution < 1.29 is 44.0 Å². The number of allylic oxidation sites excluding steroid dienone is 1. The molecule has 3 aromatic rings. The molecule has 27 heavy (non-hydrogen) atoms. The Hall–Kier alpha value is -0.986. The first-order chi connectivity index (χ1) is 12.0. The number of hydrogen-bond acceptors (Lipinski definition) is 0. The van der Waals surface area contributed by atoms with Gasteiger partial charge < -0.3 is 24.8 Å². The van der Waals surface area contributed by atoms with E-state index in [0.29, 0.717) is 0 Å². The summed E-state index contributed by atoms with van der Waals surface area (Å²) in [7, 11) is 0. The maximum atomic E-state index is 3.81. The van der Waals surface area contributed by atoms with Crippen LogP contribution in [0.3, 0.4) is 0 Å². The van der Waals surface area contributed by atoms with Crippen molar-refractivity contribution in [3.63, 3.8) is 0 Å². The number of para-hydroxylation sites is 1. The van der Waals surface area contributed by atoms with Gasteiger partial charge in [-0.3, -0.25) is 0 Å². The molecule has 4 heteroatoms. The van der Waals surface area contributed by atoms with Gasteiger partial charge in [0.15, 0.2) is 0 Å². The Bertz CT molecular complexity index is 1030. The number of aromatic nitrogens is 1. The largest absolute Gasteiger partial charge is 1.00 e. The fraction of sp³-hybridized carbons (Fsp3) is 0.304. The second kappa shape index (κ2) is 7.45. The summed E-state index contributed by atoms with van der Waals surface area (Å²) in [6.07, 6.45) is 2.66. The van der Waals surface area contributed by atoms with E-state index in [1.54, 1.807) is 20.6 Å². The molecular formula is C23H23Cl2NTi. The summed E-state index contributed by atoms with van der Waals surface area (Å²) in [4.78, 5) is 3.81. The normalized spacial score (nSPS) is 17.4. The van der Waals surface area contributed by atoms with Crippen LogP contribution in [0.15, 0.2) is 54.1 Å². The molecule has 1 N–H and O–H groups in total. The number of aromatic amines is 1. The van der Waals surface area contributed by atoms with Crippen LogP contribution in [-0.4, -0.2) is 4.98 Å². The van der Waals surface area contributed by atoms with Crippen LogP contribution in [0.25, 0.3) is 14.8 Å². The third kappa shape index (κ3) is 3.23. The summed E-state index contributed by atoms with van der Waals surface area (Å²) in [6.45, 7) is 7.06. The van der Waals surface area contributed by atoms with Gasteiger partial charge in [-0.15, -0.1) is 0 Å². The molecule has 1 nitrogen and oxygen atoms in total. The van der Waals surface area contributed by atoms with E-state index in [1.807, 2.05) is 0 Å².